The van der Waals surface area contributed by atoms with Gasteiger partial charge < -0.3 is 20.5 Å². The first-order valence-electron chi connectivity index (χ1n) is 8.58. The van der Waals surface area contributed by atoms with Gasteiger partial charge in [-0.3, -0.25) is 0 Å². The third-order valence-corrected chi connectivity index (χ3v) is 3.88. The minimum absolute atomic E-state index is 0.219. The Bertz CT molecular complexity index is 847. The van der Waals surface area contributed by atoms with Gasteiger partial charge in [0.2, 0.25) is 0 Å². The minimum atomic E-state index is -0.219. The van der Waals surface area contributed by atoms with Gasteiger partial charge in [-0.1, -0.05) is 25.1 Å². The first-order chi connectivity index (χ1) is 12.8. The van der Waals surface area contributed by atoms with Crippen molar-refractivity contribution in [3.8, 4) is 5.82 Å². The van der Waals surface area contributed by atoms with E-state index in [2.05, 4.69) is 32.8 Å². The van der Waals surface area contributed by atoms with Crippen LogP contribution in [0.15, 0.2) is 61.2 Å². The fourth-order valence-corrected chi connectivity index (χ4v) is 2.56. The van der Waals surface area contributed by atoms with Crippen molar-refractivity contribution in [2.45, 2.75) is 13.3 Å². The Morgan fingerprint density at radius 3 is 2.69 bits per heavy atom. The summed E-state index contributed by atoms with van der Waals surface area (Å²) in [5.74, 6) is 1.50. The molecule has 7 heteroatoms. The number of anilines is 2. The fourth-order valence-electron chi connectivity index (χ4n) is 2.56. The topological polar surface area (TPSA) is 83.9 Å². The van der Waals surface area contributed by atoms with Gasteiger partial charge in [-0.05, 0) is 30.2 Å². The van der Waals surface area contributed by atoms with E-state index in [1.807, 2.05) is 59.4 Å². The monoisotopic (exact) mass is 350 g/mol. The van der Waals surface area contributed by atoms with Crippen molar-refractivity contribution in [1.82, 2.24) is 19.9 Å². The molecule has 0 saturated carbocycles. The van der Waals surface area contributed by atoms with Crippen molar-refractivity contribution in [3.05, 3.63) is 66.7 Å². The zero-order chi connectivity index (χ0) is 18.2. The van der Waals surface area contributed by atoms with E-state index in [-0.39, 0.29) is 6.03 Å². The smallest absolute Gasteiger partial charge is 0.319 e. The molecule has 26 heavy (non-hydrogen) atoms. The van der Waals surface area contributed by atoms with E-state index in [1.165, 1.54) is 6.33 Å². The number of hydrogen-bond acceptors (Lipinski definition) is 4. The van der Waals surface area contributed by atoms with E-state index in [1.54, 1.807) is 0 Å². The Morgan fingerprint density at radius 2 is 1.88 bits per heavy atom. The lowest BCUT2D eigenvalue weighted by molar-refractivity contribution is 0.252. The molecule has 0 atom stereocenters. The number of aryl methyl sites for hydroxylation is 1. The molecule has 3 aromatic rings. The summed E-state index contributed by atoms with van der Waals surface area (Å²) in [4.78, 5) is 20.4. The first-order valence-corrected chi connectivity index (χ1v) is 8.58. The molecule has 7 nitrogen and oxygen atoms in total. The molecule has 0 bridgehead atoms. The van der Waals surface area contributed by atoms with E-state index >= 15 is 0 Å². The van der Waals surface area contributed by atoms with Gasteiger partial charge in [-0.2, -0.15) is 0 Å². The SMILES string of the molecule is CCc1ccccc1NC(=O)NCCNc1cc(-n2cccc2)ncn1. The molecule has 2 aromatic heterocycles. The zero-order valence-electron chi connectivity index (χ0n) is 14.6. The number of carbonyl (C=O) groups is 1. The second-order valence-electron chi connectivity index (χ2n) is 5.67. The summed E-state index contributed by atoms with van der Waals surface area (Å²) in [6.45, 7) is 3.10. The molecule has 3 N–H and O–H groups in total. The number of benzene rings is 1. The lowest BCUT2D eigenvalue weighted by Crippen LogP contribution is -2.33. The Morgan fingerprint density at radius 1 is 1.08 bits per heavy atom. The van der Waals surface area contributed by atoms with Crippen LogP contribution in [-0.4, -0.2) is 33.7 Å². The standard InChI is InChI=1S/C19H22N6O/c1-2-15-7-3-4-8-16(15)24-19(26)21-10-9-20-17-13-18(23-14-22-17)25-11-5-6-12-25/h3-8,11-14H,2,9-10H2,1H3,(H,20,22,23)(H2,21,24,26). The summed E-state index contributed by atoms with van der Waals surface area (Å²) in [7, 11) is 0. The fraction of sp³-hybridized carbons (Fsp3) is 0.211. The van der Waals surface area contributed by atoms with Gasteiger partial charge in [-0.15, -0.1) is 0 Å². The number of nitrogens with one attached hydrogen (secondary N) is 3. The van der Waals surface area contributed by atoms with Gasteiger partial charge in [0, 0.05) is 37.2 Å². The maximum Gasteiger partial charge on any atom is 0.319 e. The van der Waals surface area contributed by atoms with Crippen LogP contribution in [0.1, 0.15) is 12.5 Å². The Balaban J connectivity index is 1.45. The van der Waals surface area contributed by atoms with Gasteiger partial charge >= 0.3 is 6.03 Å². The van der Waals surface area contributed by atoms with Crippen LogP contribution in [0.3, 0.4) is 0 Å². The summed E-state index contributed by atoms with van der Waals surface area (Å²) < 4.78 is 1.91. The average molecular weight is 350 g/mol. The highest BCUT2D eigenvalue weighted by atomic mass is 16.2. The number of rotatable bonds is 7. The quantitative estimate of drug-likeness (QED) is 0.572. The molecule has 0 fully saturated rings. The van der Waals surface area contributed by atoms with Crippen LogP contribution in [0.5, 0.6) is 0 Å². The van der Waals surface area contributed by atoms with E-state index in [0.717, 1.165) is 23.5 Å². The van der Waals surface area contributed by atoms with E-state index < -0.39 is 0 Å². The van der Waals surface area contributed by atoms with Crippen LogP contribution in [0.4, 0.5) is 16.3 Å². The lowest BCUT2D eigenvalue weighted by Gasteiger charge is -2.11. The van der Waals surface area contributed by atoms with Crippen LogP contribution < -0.4 is 16.0 Å². The molecule has 0 aliphatic heterocycles. The first kappa shape index (κ1) is 17.5. The molecular weight excluding hydrogens is 328 g/mol. The number of aromatic nitrogens is 3. The van der Waals surface area contributed by atoms with Crippen LogP contribution in [0.25, 0.3) is 5.82 Å². The average Bonchev–Trinajstić information content (AvgIpc) is 3.21. The molecule has 0 saturated heterocycles. The van der Waals surface area contributed by atoms with Crippen LogP contribution in [0, 0.1) is 0 Å². The van der Waals surface area contributed by atoms with Gasteiger partial charge in [0.25, 0.3) is 0 Å². The van der Waals surface area contributed by atoms with Crippen molar-refractivity contribution in [1.29, 1.82) is 0 Å². The molecule has 0 aliphatic carbocycles. The molecule has 0 spiro atoms. The summed E-state index contributed by atoms with van der Waals surface area (Å²) in [5, 5.41) is 8.90. The normalized spacial score (nSPS) is 10.3. The maximum atomic E-state index is 12.0. The molecule has 0 aliphatic rings. The highest BCUT2D eigenvalue weighted by Gasteiger charge is 2.05. The molecule has 0 unspecified atom stereocenters. The second-order valence-corrected chi connectivity index (χ2v) is 5.67. The minimum Gasteiger partial charge on any atom is -0.368 e. The maximum absolute atomic E-state index is 12.0. The molecule has 0 radical (unpaired) electrons. The zero-order valence-corrected chi connectivity index (χ0v) is 14.6. The summed E-state index contributed by atoms with van der Waals surface area (Å²) in [6, 6.07) is 13.3. The highest BCUT2D eigenvalue weighted by Crippen LogP contribution is 2.15. The molecule has 2 amide bonds. The van der Waals surface area contributed by atoms with Crippen molar-refractivity contribution >= 4 is 17.5 Å². The third-order valence-electron chi connectivity index (χ3n) is 3.88. The predicted molar refractivity (Wildman–Crippen MR) is 103 cm³/mol. The van der Waals surface area contributed by atoms with Gasteiger partial charge in [0.15, 0.2) is 0 Å². The van der Waals surface area contributed by atoms with Gasteiger partial charge in [0.05, 0.1) is 0 Å². The number of para-hydroxylation sites is 1. The number of hydrogen-bond donors (Lipinski definition) is 3. The van der Waals surface area contributed by atoms with Crippen molar-refractivity contribution in [3.63, 3.8) is 0 Å². The van der Waals surface area contributed by atoms with Crippen molar-refractivity contribution in [2.24, 2.45) is 0 Å². The predicted octanol–water partition coefficient (Wildman–Crippen LogP) is 3.06. The summed E-state index contributed by atoms with van der Waals surface area (Å²) >= 11 is 0. The number of amides is 2. The summed E-state index contributed by atoms with van der Waals surface area (Å²) in [5.41, 5.74) is 1.95. The molecule has 3 rings (SSSR count). The van der Waals surface area contributed by atoms with E-state index in [4.69, 9.17) is 0 Å². The van der Waals surface area contributed by atoms with E-state index in [9.17, 15) is 4.79 Å². The number of nitrogens with zero attached hydrogens (tertiary/aromatic N) is 3. The second kappa shape index (κ2) is 8.66. The van der Waals surface area contributed by atoms with Gasteiger partial charge in [0.1, 0.15) is 18.0 Å². The largest absolute Gasteiger partial charge is 0.368 e. The lowest BCUT2D eigenvalue weighted by atomic mass is 10.1. The third kappa shape index (κ3) is 4.60. The van der Waals surface area contributed by atoms with Crippen LogP contribution in [0.2, 0.25) is 0 Å². The number of carbonyl (C=O) groups excluding carboxylic acids is 1. The van der Waals surface area contributed by atoms with Crippen LogP contribution >= 0.6 is 0 Å². The van der Waals surface area contributed by atoms with E-state index in [0.29, 0.717) is 18.9 Å². The molecule has 2 heterocycles. The molecule has 1 aromatic carbocycles. The van der Waals surface area contributed by atoms with Crippen LogP contribution in [-0.2, 0) is 6.42 Å². The Labute approximate surface area is 152 Å². The number of urea groups is 1. The van der Waals surface area contributed by atoms with Crippen molar-refractivity contribution < 1.29 is 4.79 Å². The molecule has 134 valence electrons. The molecular formula is C19H22N6O. The Kier molecular flexibility index (Phi) is 5.82. The summed E-state index contributed by atoms with van der Waals surface area (Å²) in [6.07, 6.45) is 6.23. The highest BCUT2D eigenvalue weighted by molar-refractivity contribution is 5.90. The van der Waals surface area contributed by atoms with Gasteiger partial charge in [-0.25, -0.2) is 14.8 Å². The Hall–Kier alpha value is -3.35. The van der Waals surface area contributed by atoms with Crippen molar-refractivity contribution in [2.75, 3.05) is 23.7 Å².